The van der Waals surface area contributed by atoms with Crippen LogP contribution in [0.15, 0.2) is 30.3 Å². The summed E-state index contributed by atoms with van der Waals surface area (Å²) in [5.41, 5.74) is 1.52. The molecule has 1 rings (SSSR count). The number of aryl methyl sites for hydroxylation is 1. The van der Waals surface area contributed by atoms with Crippen LogP contribution >= 0.6 is 0 Å². The zero-order valence-corrected chi connectivity index (χ0v) is 19.1. The Morgan fingerprint density at radius 2 is 1.08 bits per heavy atom. The summed E-state index contributed by atoms with van der Waals surface area (Å²) in [5.74, 6) is 0. The Hall–Kier alpha value is 0.0382. The van der Waals surface area contributed by atoms with E-state index < -0.39 is 0 Å². The predicted octanol–water partition coefficient (Wildman–Crippen LogP) is 7.59. The summed E-state index contributed by atoms with van der Waals surface area (Å²) in [6.07, 6.45) is 20.4. The first-order chi connectivity index (χ1) is 11.9. The Bertz CT molecular complexity index is 346. The molecule has 138 valence electrons. The zero-order chi connectivity index (χ0) is 17.1. The van der Waals surface area contributed by atoms with Crippen molar-refractivity contribution < 1.29 is 0 Å². The first kappa shape index (κ1) is 22.1. The van der Waals surface area contributed by atoms with Gasteiger partial charge in [-0.15, -0.1) is 0 Å². The first-order valence-electron chi connectivity index (χ1n) is 10.7. The van der Waals surface area contributed by atoms with Crippen LogP contribution in [0.4, 0.5) is 0 Å². The monoisotopic (exact) mass is 438 g/mol. The second kappa shape index (κ2) is 17.8. The summed E-state index contributed by atoms with van der Waals surface area (Å²) < 4.78 is 3.26. The van der Waals surface area contributed by atoms with Crippen molar-refractivity contribution in [3.05, 3.63) is 35.9 Å². The molecular formula is C23H41Sb. The van der Waals surface area contributed by atoms with Crippen LogP contribution in [0.5, 0.6) is 0 Å². The van der Waals surface area contributed by atoms with Crippen LogP contribution in [0, 0.1) is 0 Å². The molecule has 0 unspecified atom stereocenters. The molecule has 0 nitrogen and oxygen atoms in total. The fraction of sp³-hybridized carbons (Fsp3) is 0.739. The summed E-state index contributed by atoms with van der Waals surface area (Å²) >= 11 is -0.000401. The van der Waals surface area contributed by atoms with Crippen molar-refractivity contribution in [3.63, 3.8) is 0 Å². The molecule has 1 heteroatoms. The second-order valence-corrected chi connectivity index (χ2v) is 11.5. The number of unbranched alkanes of at least 4 members (excludes halogenated alkanes) is 11. The summed E-state index contributed by atoms with van der Waals surface area (Å²) in [7, 11) is 0. The van der Waals surface area contributed by atoms with E-state index in [1.165, 1.54) is 89.0 Å². The third-order valence-corrected chi connectivity index (χ3v) is 8.91. The molecule has 24 heavy (non-hydrogen) atoms. The van der Waals surface area contributed by atoms with Crippen LogP contribution in [-0.2, 0) is 6.42 Å². The molecule has 0 spiro atoms. The van der Waals surface area contributed by atoms with Crippen LogP contribution in [0.25, 0.3) is 0 Å². The molecule has 0 N–H and O–H groups in total. The van der Waals surface area contributed by atoms with Gasteiger partial charge in [-0.2, -0.15) is 0 Å². The fourth-order valence-electron chi connectivity index (χ4n) is 3.26. The summed E-state index contributed by atoms with van der Waals surface area (Å²) in [4.78, 5) is 0. The summed E-state index contributed by atoms with van der Waals surface area (Å²) in [6, 6.07) is 11.0. The first-order valence-corrected chi connectivity index (χ1v) is 14.7. The number of benzene rings is 1. The van der Waals surface area contributed by atoms with E-state index in [1.807, 2.05) is 0 Å². The fourth-order valence-corrected chi connectivity index (χ4v) is 6.83. The van der Waals surface area contributed by atoms with E-state index in [0.29, 0.717) is 0 Å². The van der Waals surface area contributed by atoms with Crippen LogP contribution in [0.3, 0.4) is 0 Å². The van der Waals surface area contributed by atoms with Crippen LogP contribution in [-0.4, -0.2) is 21.6 Å². The van der Waals surface area contributed by atoms with Crippen LogP contribution < -0.4 is 0 Å². The third-order valence-electron chi connectivity index (χ3n) is 4.87. The van der Waals surface area contributed by atoms with Gasteiger partial charge < -0.3 is 0 Å². The molecule has 0 aliphatic carbocycles. The SMILES string of the molecule is CCCCCCCCCCC[CH2][SbH][CH2]CCCCc1ccccc1. The van der Waals surface area contributed by atoms with Gasteiger partial charge in [0.25, 0.3) is 0 Å². The Balaban J connectivity index is 1.70. The minimum atomic E-state index is -0.000401. The van der Waals surface area contributed by atoms with Crippen molar-refractivity contribution in [2.45, 2.75) is 106 Å². The van der Waals surface area contributed by atoms with E-state index in [1.54, 1.807) is 15.2 Å². The van der Waals surface area contributed by atoms with Crippen molar-refractivity contribution in [2.24, 2.45) is 0 Å². The predicted molar refractivity (Wildman–Crippen MR) is 113 cm³/mol. The van der Waals surface area contributed by atoms with Crippen molar-refractivity contribution >= 4 is 21.6 Å². The molecule has 0 aliphatic heterocycles. The molecule has 1 aromatic rings. The van der Waals surface area contributed by atoms with Gasteiger partial charge in [0.05, 0.1) is 0 Å². The van der Waals surface area contributed by atoms with E-state index in [9.17, 15) is 0 Å². The Morgan fingerprint density at radius 3 is 1.67 bits per heavy atom. The standard InChI is InChI=1S/C12H25.C11H15.Sb.H/c1-3-5-7-9-11-12-10-8-6-4-2;1-2-3-5-8-11-9-6-4-7-10-11;;/h1,3-12H2,2H3;4,6-7,9-10H,1-3,5,8H2;;. The average Bonchev–Trinajstić information content (AvgIpc) is 2.62. The summed E-state index contributed by atoms with van der Waals surface area (Å²) in [6.45, 7) is 2.30. The number of hydrogen-bond acceptors (Lipinski definition) is 0. The molecule has 0 heterocycles. The van der Waals surface area contributed by atoms with Gasteiger partial charge in [0.1, 0.15) is 0 Å². The molecule has 0 aliphatic rings. The van der Waals surface area contributed by atoms with Gasteiger partial charge in [0, 0.05) is 0 Å². The Labute approximate surface area is 162 Å². The maximum absolute atomic E-state index is 2.30. The molecule has 0 bridgehead atoms. The zero-order valence-electron chi connectivity index (χ0n) is 16.2. The summed E-state index contributed by atoms with van der Waals surface area (Å²) in [5, 5.41) is 0. The van der Waals surface area contributed by atoms with E-state index in [-0.39, 0.29) is 21.6 Å². The molecule has 0 saturated heterocycles. The Morgan fingerprint density at radius 1 is 0.583 bits per heavy atom. The maximum atomic E-state index is 2.30. The van der Waals surface area contributed by atoms with Gasteiger partial charge in [-0.25, -0.2) is 0 Å². The van der Waals surface area contributed by atoms with Gasteiger partial charge in [-0.1, -0.05) is 0 Å². The van der Waals surface area contributed by atoms with E-state index in [0.717, 1.165) is 0 Å². The van der Waals surface area contributed by atoms with Gasteiger partial charge in [0.2, 0.25) is 0 Å². The van der Waals surface area contributed by atoms with E-state index in [4.69, 9.17) is 0 Å². The topological polar surface area (TPSA) is 0 Å². The van der Waals surface area contributed by atoms with E-state index >= 15 is 0 Å². The van der Waals surface area contributed by atoms with Crippen LogP contribution in [0.2, 0.25) is 8.73 Å². The van der Waals surface area contributed by atoms with Crippen LogP contribution in [0.1, 0.15) is 96.0 Å². The van der Waals surface area contributed by atoms with Gasteiger partial charge in [-0.3, -0.25) is 0 Å². The average molecular weight is 439 g/mol. The van der Waals surface area contributed by atoms with Crippen molar-refractivity contribution in [3.8, 4) is 0 Å². The second-order valence-electron chi connectivity index (χ2n) is 7.23. The number of hydrogen-bond donors (Lipinski definition) is 0. The molecule has 0 atom stereocenters. The third kappa shape index (κ3) is 14.4. The van der Waals surface area contributed by atoms with Gasteiger partial charge in [0.15, 0.2) is 0 Å². The van der Waals surface area contributed by atoms with Gasteiger partial charge in [-0.05, 0) is 0 Å². The minimum absolute atomic E-state index is 0.000401. The van der Waals surface area contributed by atoms with Crippen molar-refractivity contribution in [1.29, 1.82) is 0 Å². The molecule has 0 amide bonds. The Kier molecular flexibility index (Phi) is 16.4. The molecular weight excluding hydrogens is 398 g/mol. The van der Waals surface area contributed by atoms with Crippen molar-refractivity contribution in [1.82, 2.24) is 0 Å². The molecule has 0 saturated carbocycles. The molecule has 0 radical (unpaired) electrons. The normalized spacial score (nSPS) is 11.0. The number of rotatable bonds is 17. The molecule has 0 fully saturated rings. The van der Waals surface area contributed by atoms with E-state index in [2.05, 4.69) is 37.3 Å². The van der Waals surface area contributed by atoms with Crippen molar-refractivity contribution in [2.75, 3.05) is 0 Å². The molecule has 1 aromatic carbocycles. The quantitative estimate of drug-likeness (QED) is 0.173. The molecule has 0 aromatic heterocycles. The van der Waals surface area contributed by atoms with Gasteiger partial charge >= 0.3 is 163 Å².